The number of hydrogen-bond acceptors (Lipinski definition) is 4. The number of likely N-dealkylation sites (tertiary alicyclic amines) is 1. The number of unbranched alkanes of at least 4 members (excludes halogenated alkanes) is 1. The molecule has 0 aliphatic carbocycles. The molecule has 1 unspecified atom stereocenters. The first-order valence-electron chi connectivity index (χ1n) is 6.48. The summed E-state index contributed by atoms with van der Waals surface area (Å²) >= 11 is 0. The standard InChI is InChI=1S/C12H26N4O/c1-15(7-4-3-5-12(17)14-13)9-11-6-8-16(2)10-11/h11H,3-10,13H2,1-2H3,(H,14,17). The average Bonchev–Trinajstić information content (AvgIpc) is 2.69. The quantitative estimate of drug-likeness (QED) is 0.286. The van der Waals surface area contributed by atoms with Gasteiger partial charge in [-0.2, -0.15) is 0 Å². The van der Waals surface area contributed by atoms with Crippen LogP contribution in [0.1, 0.15) is 25.7 Å². The fourth-order valence-electron chi connectivity index (χ4n) is 2.45. The first kappa shape index (κ1) is 14.4. The predicted octanol–water partition coefficient (Wildman–Crippen LogP) is 0.0301. The Kier molecular flexibility index (Phi) is 6.47. The van der Waals surface area contributed by atoms with E-state index in [1.54, 1.807) is 0 Å². The van der Waals surface area contributed by atoms with Crippen LogP contribution < -0.4 is 11.3 Å². The lowest BCUT2D eigenvalue weighted by atomic mass is 10.1. The monoisotopic (exact) mass is 242 g/mol. The van der Waals surface area contributed by atoms with E-state index in [0.717, 1.165) is 25.3 Å². The van der Waals surface area contributed by atoms with Crippen LogP contribution in [-0.2, 0) is 4.79 Å². The van der Waals surface area contributed by atoms with E-state index < -0.39 is 0 Å². The van der Waals surface area contributed by atoms with Gasteiger partial charge in [0, 0.05) is 19.5 Å². The molecule has 1 fully saturated rings. The summed E-state index contributed by atoms with van der Waals surface area (Å²) in [5.41, 5.74) is 2.16. The maximum absolute atomic E-state index is 10.9. The third-order valence-corrected chi connectivity index (χ3v) is 3.41. The van der Waals surface area contributed by atoms with Crippen molar-refractivity contribution in [3.05, 3.63) is 0 Å². The maximum atomic E-state index is 10.9. The van der Waals surface area contributed by atoms with E-state index in [4.69, 9.17) is 5.84 Å². The SMILES string of the molecule is CN(CCCCC(=O)NN)CC1CCN(C)C1. The van der Waals surface area contributed by atoms with E-state index in [2.05, 4.69) is 29.3 Å². The van der Waals surface area contributed by atoms with Gasteiger partial charge in [0.2, 0.25) is 5.91 Å². The Bertz CT molecular complexity index is 235. The zero-order valence-electron chi connectivity index (χ0n) is 11.1. The lowest BCUT2D eigenvalue weighted by molar-refractivity contribution is -0.121. The molecule has 0 aromatic carbocycles. The zero-order valence-corrected chi connectivity index (χ0v) is 11.1. The highest BCUT2D eigenvalue weighted by Gasteiger charge is 2.20. The number of nitrogens with one attached hydrogen (secondary N) is 1. The molecule has 1 aliphatic heterocycles. The normalized spacial score (nSPS) is 21.1. The van der Waals surface area contributed by atoms with Crippen molar-refractivity contribution in [2.24, 2.45) is 11.8 Å². The summed E-state index contributed by atoms with van der Waals surface area (Å²) in [6, 6.07) is 0. The zero-order chi connectivity index (χ0) is 12.7. The summed E-state index contributed by atoms with van der Waals surface area (Å²) < 4.78 is 0. The highest BCUT2D eigenvalue weighted by atomic mass is 16.2. The van der Waals surface area contributed by atoms with Crippen LogP contribution in [0.25, 0.3) is 0 Å². The van der Waals surface area contributed by atoms with Crippen LogP contribution in [0.15, 0.2) is 0 Å². The van der Waals surface area contributed by atoms with E-state index in [0.29, 0.717) is 6.42 Å². The summed E-state index contributed by atoms with van der Waals surface area (Å²) in [5.74, 6) is 5.77. The molecule has 0 spiro atoms. The molecule has 0 saturated carbocycles. The number of nitrogens with two attached hydrogens (primary N) is 1. The van der Waals surface area contributed by atoms with Gasteiger partial charge in [0.15, 0.2) is 0 Å². The molecular formula is C12H26N4O. The Morgan fingerprint density at radius 1 is 1.53 bits per heavy atom. The van der Waals surface area contributed by atoms with Gasteiger partial charge in [-0.15, -0.1) is 0 Å². The summed E-state index contributed by atoms with van der Waals surface area (Å²) in [4.78, 5) is 15.7. The number of carbonyl (C=O) groups excluding carboxylic acids is 1. The average molecular weight is 242 g/mol. The molecule has 1 amide bonds. The fraction of sp³-hybridized carbons (Fsp3) is 0.917. The Labute approximate surface area is 104 Å². The second-order valence-electron chi connectivity index (χ2n) is 5.20. The van der Waals surface area contributed by atoms with Gasteiger partial charge in [-0.3, -0.25) is 10.2 Å². The van der Waals surface area contributed by atoms with Crippen LogP contribution in [0.2, 0.25) is 0 Å². The lowest BCUT2D eigenvalue weighted by Gasteiger charge is -2.20. The number of hydrazine groups is 1. The Hall–Kier alpha value is -0.650. The number of hydrogen-bond donors (Lipinski definition) is 2. The molecule has 100 valence electrons. The van der Waals surface area contributed by atoms with E-state index in [9.17, 15) is 4.79 Å². The van der Waals surface area contributed by atoms with E-state index in [1.807, 2.05) is 0 Å². The Morgan fingerprint density at radius 3 is 2.88 bits per heavy atom. The smallest absolute Gasteiger partial charge is 0.233 e. The number of amides is 1. The van der Waals surface area contributed by atoms with Crippen LogP contribution >= 0.6 is 0 Å². The van der Waals surface area contributed by atoms with E-state index in [-0.39, 0.29) is 5.91 Å². The molecular weight excluding hydrogens is 216 g/mol. The third-order valence-electron chi connectivity index (χ3n) is 3.41. The van der Waals surface area contributed by atoms with Gasteiger partial charge in [-0.05, 0) is 52.4 Å². The van der Waals surface area contributed by atoms with Crippen molar-refractivity contribution in [2.75, 3.05) is 40.3 Å². The van der Waals surface area contributed by atoms with Crippen molar-refractivity contribution in [3.8, 4) is 0 Å². The van der Waals surface area contributed by atoms with Crippen molar-refractivity contribution < 1.29 is 4.79 Å². The van der Waals surface area contributed by atoms with Gasteiger partial charge in [0.1, 0.15) is 0 Å². The minimum absolute atomic E-state index is 0.0647. The lowest BCUT2D eigenvalue weighted by Crippen LogP contribution is -2.30. The van der Waals surface area contributed by atoms with Gasteiger partial charge >= 0.3 is 0 Å². The van der Waals surface area contributed by atoms with Crippen molar-refractivity contribution in [1.82, 2.24) is 15.2 Å². The highest BCUT2D eigenvalue weighted by molar-refractivity contribution is 5.75. The summed E-state index contributed by atoms with van der Waals surface area (Å²) in [5, 5.41) is 0. The first-order chi connectivity index (χ1) is 8.11. The van der Waals surface area contributed by atoms with Crippen LogP contribution in [0.4, 0.5) is 0 Å². The molecule has 1 atom stereocenters. The maximum Gasteiger partial charge on any atom is 0.233 e. The van der Waals surface area contributed by atoms with Crippen molar-refractivity contribution >= 4 is 5.91 Å². The van der Waals surface area contributed by atoms with Gasteiger partial charge in [0.25, 0.3) is 0 Å². The number of nitrogens with zero attached hydrogens (tertiary/aromatic N) is 2. The second kappa shape index (κ2) is 7.63. The minimum atomic E-state index is -0.0647. The molecule has 5 heteroatoms. The van der Waals surface area contributed by atoms with E-state index >= 15 is 0 Å². The Balaban J connectivity index is 2.01. The largest absolute Gasteiger partial charge is 0.306 e. The fourth-order valence-corrected chi connectivity index (χ4v) is 2.45. The topological polar surface area (TPSA) is 61.6 Å². The van der Waals surface area contributed by atoms with Crippen molar-refractivity contribution in [2.45, 2.75) is 25.7 Å². The molecule has 0 radical (unpaired) electrons. The van der Waals surface area contributed by atoms with Gasteiger partial charge < -0.3 is 9.80 Å². The molecule has 1 rings (SSSR count). The molecule has 0 aromatic rings. The number of rotatable bonds is 7. The molecule has 3 N–H and O–H groups in total. The summed E-state index contributed by atoms with van der Waals surface area (Å²) in [6.45, 7) is 4.70. The molecule has 1 saturated heterocycles. The summed E-state index contributed by atoms with van der Waals surface area (Å²) in [7, 11) is 4.35. The molecule has 0 bridgehead atoms. The third kappa shape index (κ3) is 6.00. The summed E-state index contributed by atoms with van der Waals surface area (Å²) in [6.07, 6.45) is 3.83. The van der Waals surface area contributed by atoms with Crippen molar-refractivity contribution in [3.63, 3.8) is 0 Å². The minimum Gasteiger partial charge on any atom is -0.306 e. The first-order valence-corrected chi connectivity index (χ1v) is 6.48. The Morgan fingerprint density at radius 2 is 2.29 bits per heavy atom. The second-order valence-corrected chi connectivity index (χ2v) is 5.20. The molecule has 0 aromatic heterocycles. The van der Waals surface area contributed by atoms with Gasteiger partial charge in [0.05, 0.1) is 0 Å². The van der Waals surface area contributed by atoms with Crippen LogP contribution in [-0.4, -0.2) is 56.0 Å². The highest BCUT2D eigenvalue weighted by Crippen LogP contribution is 2.15. The van der Waals surface area contributed by atoms with Crippen LogP contribution in [0.5, 0.6) is 0 Å². The van der Waals surface area contributed by atoms with Gasteiger partial charge in [-0.25, -0.2) is 5.84 Å². The predicted molar refractivity (Wildman–Crippen MR) is 69.3 cm³/mol. The number of carbonyl (C=O) groups is 1. The molecule has 1 aliphatic rings. The van der Waals surface area contributed by atoms with Gasteiger partial charge in [-0.1, -0.05) is 0 Å². The molecule has 5 nitrogen and oxygen atoms in total. The van der Waals surface area contributed by atoms with Crippen molar-refractivity contribution in [1.29, 1.82) is 0 Å². The van der Waals surface area contributed by atoms with Crippen LogP contribution in [0.3, 0.4) is 0 Å². The molecule has 1 heterocycles. The van der Waals surface area contributed by atoms with Crippen LogP contribution in [0, 0.1) is 5.92 Å². The molecule has 17 heavy (non-hydrogen) atoms. The van der Waals surface area contributed by atoms with E-state index in [1.165, 1.54) is 26.1 Å².